The molecule has 2 aliphatic carbocycles. The van der Waals surface area contributed by atoms with Gasteiger partial charge in [0.15, 0.2) is 0 Å². The van der Waals surface area contributed by atoms with Crippen molar-refractivity contribution >= 4 is 29.2 Å². The summed E-state index contributed by atoms with van der Waals surface area (Å²) < 4.78 is 4.97. The molecule has 0 heterocycles. The van der Waals surface area contributed by atoms with Crippen molar-refractivity contribution in [3.05, 3.63) is 22.8 Å². The van der Waals surface area contributed by atoms with E-state index in [-0.39, 0.29) is 12.4 Å². The summed E-state index contributed by atoms with van der Waals surface area (Å²) in [6, 6.07) is 0. The maximum absolute atomic E-state index is 11.6. The number of carbonyl (C=O) groups excluding carboxylic acids is 1. The summed E-state index contributed by atoms with van der Waals surface area (Å²) in [6.07, 6.45) is 11.0. The standard InChI is InChI=1S/C16H22Cl2O2/c1-2-20-15(19)11-16(18)9-8-13(14(17)10-16)12-6-4-3-5-7-12/h8-9,12H,2-7,10-11H2,1H3. The molecule has 0 aromatic carbocycles. The Hall–Kier alpha value is -0.470. The van der Waals surface area contributed by atoms with Crippen molar-refractivity contribution < 1.29 is 9.53 Å². The van der Waals surface area contributed by atoms with Gasteiger partial charge in [-0.25, -0.2) is 0 Å². The molecule has 1 unspecified atom stereocenters. The van der Waals surface area contributed by atoms with Crippen molar-refractivity contribution in [3.8, 4) is 0 Å². The normalized spacial score (nSPS) is 27.8. The number of esters is 1. The zero-order valence-corrected chi connectivity index (χ0v) is 13.5. The van der Waals surface area contributed by atoms with E-state index in [4.69, 9.17) is 27.9 Å². The van der Waals surface area contributed by atoms with E-state index in [0.717, 1.165) is 5.03 Å². The molecule has 2 aliphatic rings. The quantitative estimate of drug-likeness (QED) is 0.542. The minimum atomic E-state index is -0.721. The predicted molar refractivity (Wildman–Crippen MR) is 83.0 cm³/mol. The molecule has 0 saturated heterocycles. The van der Waals surface area contributed by atoms with Gasteiger partial charge in [0.2, 0.25) is 0 Å². The van der Waals surface area contributed by atoms with Crippen LogP contribution in [0.15, 0.2) is 22.8 Å². The first kappa shape index (κ1) is 15.9. The molecule has 1 fully saturated rings. The number of halogens is 2. The van der Waals surface area contributed by atoms with Crippen molar-refractivity contribution in [2.45, 2.75) is 56.7 Å². The van der Waals surface area contributed by atoms with E-state index in [1.165, 1.54) is 37.7 Å². The molecule has 0 aromatic rings. The predicted octanol–water partition coefficient (Wildman–Crippen LogP) is 4.95. The summed E-state index contributed by atoms with van der Waals surface area (Å²) >= 11 is 13.0. The van der Waals surface area contributed by atoms with Crippen molar-refractivity contribution in [1.29, 1.82) is 0 Å². The first-order chi connectivity index (χ1) is 9.54. The second-order valence-electron chi connectivity index (χ2n) is 5.72. The molecular formula is C16H22Cl2O2. The summed E-state index contributed by atoms with van der Waals surface area (Å²) in [5.41, 5.74) is 1.23. The van der Waals surface area contributed by atoms with Crippen LogP contribution in [-0.4, -0.2) is 17.5 Å². The first-order valence-electron chi connectivity index (χ1n) is 7.46. The Bertz CT molecular complexity index is 422. The Kier molecular flexibility index (Phi) is 5.57. The molecule has 4 heteroatoms. The van der Waals surface area contributed by atoms with Crippen LogP contribution < -0.4 is 0 Å². The third-order valence-corrected chi connectivity index (χ3v) is 4.86. The van der Waals surface area contributed by atoms with Gasteiger partial charge in [-0.2, -0.15) is 0 Å². The van der Waals surface area contributed by atoms with Gasteiger partial charge in [0.05, 0.1) is 17.9 Å². The minimum Gasteiger partial charge on any atom is -0.466 e. The Morgan fingerprint density at radius 2 is 2.10 bits per heavy atom. The van der Waals surface area contributed by atoms with Crippen molar-refractivity contribution in [1.82, 2.24) is 0 Å². The lowest BCUT2D eigenvalue weighted by Crippen LogP contribution is -2.27. The number of ether oxygens (including phenoxy) is 1. The Labute approximate surface area is 131 Å². The van der Waals surface area contributed by atoms with Gasteiger partial charge >= 0.3 is 5.97 Å². The van der Waals surface area contributed by atoms with Crippen molar-refractivity contribution in [2.75, 3.05) is 6.61 Å². The lowest BCUT2D eigenvalue weighted by molar-refractivity contribution is -0.143. The van der Waals surface area contributed by atoms with Gasteiger partial charge in [-0.1, -0.05) is 43.0 Å². The van der Waals surface area contributed by atoms with Crippen LogP contribution in [0.3, 0.4) is 0 Å². The van der Waals surface area contributed by atoms with Crippen LogP contribution in [0.1, 0.15) is 51.9 Å². The number of rotatable bonds is 4. The second kappa shape index (κ2) is 7.00. The SMILES string of the molecule is CCOC(=O)CC1(Cl)C=CC(C2CCCCC2)=C(Cl)C1. The topological polar surface area (TPSA) is 26.3 Å². The molecule has 1 atom stereocenters. The molecule has 2 nitrogen and oxygen atoms in total. The highest BCUT2D eigenvalue weighted by Gasteiger charge is 2.34. The smallest absolute Gasteiger partial charge is 0.307 e. The number of allylic oxidation sites excluding steroid dienone is 4. The summed E-state index contributed by atoms with van der Waals surface area (Å²) in [4.78, 5) is 10.9. The van der Waals surface area contributed by atoms with Crippen LogP contribution in [0.25, 0.3) is 0 Å². The molecule has 0 amide bonds. The molecular weight excluding hydrogens is 295 g/mol. The molecule has 1 saturated carbocycles. The van der Waals surface area contributed by atoms with Gasteiger partial charge in [-0.05, 0) is 31.3 Å². The lowest BCUT2D eigenvalue weighted by atomic mass is 9.80. The fourth-order valence-electron chi connectivity index (χ4n) is 3.09. The average Bonchev–Trinajstić information content (AvgIpc) is 2.39. The van der Waals surface area contributed by atoms with Crippen LogP contribution in [0, 0.1) is 5.92 Å². The van der Waals surface area contributed by atoms with Crippen molar-refractivity contribution in [2.24, 2.45) is 5.92 Å². The summed E-state index contributed by atoms with van der Waals surface area (Å²) in [7, 11) is 0. The van der Waals surface area contributed by atoms with E-state index >= 15 is 0 Å². The summed E-state index contributed by atoms with van der Waals surface area (Å²) in [5, 5.41) is 0.818. The highest BCUT2D eigenvalue weighted by atomic mass is 35.5. The van der Waals surface area contributed by atoms with Gasteiger partial charge in [0.25, 0.3) is 0 Å². The van der Waals surface area contributed by atoms with Crippen LogP contribution in [0.2, 0.25) is 0 Å². The lowest BCUT2D eigenvalue weighted by Gasteiger charge is -2.31. The minimum absolute atomic E-state index is 0.174. The largest absolute Gasteiger partial charge is 0.466 e. The van der Waals surface area contributed by atoms with Crippen LogP contribution in [0.4, 0.5) is 0 Å². The Morgan fingerprint density at radius 1 is 1.40 bits per heavy atom. The molecule has 0 aliphatic heterocycles. The number of hydrogen-bond donors (Lipinski definition) is 0. The molecule has 0 N–H and O–H groups in total. The zero-order chi connectivity index (χ0) is 14.6. The van der Waals surface area contributed by atoms with E-state index < -0.39 is 4.87 Å². The third-order valence-electron chi connectivity index (χ3n) is 4.11. The van der Waals surface area contributed by atoms with Crippen LogP contribution in [0.5, 0.6) is 0 Å². The maximum atomic E-state index is 11.6. The number of carbonyl (C=O) groups is 1. The summed E-state index contributed by atoms with van der Waals surface area (Å²) in [6.45, 7) is 2.18. The highest BCUT2D eigenvalue weighted by Crippen LogP contribution is 2.42. The summed E-state index contributed by atoms with van der Waals surface area (Å²) in [5.74, 6) is 0.300. The van der Waals surface area contributed by atoms with Gasteiger partial charge < -0.3 is 4.74 Å². The van der Waals surface area contributed by atoms with Gasteiger partial charge in [-0.3, -0.25) is 4.79 Å². The fourth-order valence-corrected chi connectivity index (χ4v) is 3.92. The maximum Gasteiger partial charge on any atom is 0.307 e. The molecule has 20 heavy (non-hydrogen) atoms. The van der Waals surface area contributed by atoms with E-state index in [1.807, 2.05) is 12.2 Å². The van der Waals surface area contributed by atoms with Crippen LogP contribution in [-0.2, 0) is 9.53 Å². The molecule has 2 rings (SSSR count). The molecule has 112 valence electrons. The van der Waals surface area contributed by atoms with E-state index in [1.54, 1.807) is 6.92 Å². The molecule has 0 radical (unpaired) electrons. The molecule has 0 spiro atoms. The average molecular weight is 317 g/mol. The highest BCUT2D eigenvalue weighted by molar-refractivity contribution is 6.33. The fraction of sp³-hybridized carbons (Fsp3) is 0.688. The number of hydrogen-bond acceptors (Lipinski definition) is 2. The second-order valence-corrected chi connectivity index (χ2v) is 6.93. The van der Waals surface area contributed by atoms with Crippen molar-refractivity contribution in [3.63, 3.8) is 0 Å². The first-order valence-corrected chi connectivity index (χ1v) is 8.22. The Balaban J connectivity index is 2.02. The molecule has 0 bridgehead atoms. The van der Waals surface area contributed by atoms with Gasteiger partial charge in [0, 0.05) is 11.5 Å². The van der Waals surface area contributed by atoms with Gasteiger partial charge in [0.1, 0.15) is 0 Å². The van der Waals surface area contributed by atoms with E-state index in [2.05, 4.69) is 0 Å². The zero-order valence-electron chi connectivity index (χ0n) is 12.0. The van der Waals surface area contributed by atoms with Gasteiger partial charge in [-0.15, -0.1) is 11.6 Å². The van der Waals surface area contributed by atoms with Crippen LogP contribution >= 0.6 is 23.2 Å². The van der Waals surface area contributed by atoms with E-state index in [9.17, 15) is 4.79 Å². The Morgan fingerprint density at radius 3 is 2.70 bits per heavy atom. The third kappa shape index (κ3) is 4.02. The monoisotopic (exact) mass is 316 g/mol. The number of alkyl halides is 1. The van der Waals surface area contributed by atoms with E-state index in [0.29, 0.717) is 18.9 Å². The molecule has 0 aromatic heterocycles.